The number of hydrogen-bond donors (Lipinski definition) is 1. The summed E-state index contributed by atoms with van der Waals surface area (Å²) in [5.74, 6) is 2.00. The molecule has 0 spiro atoms. The summed E-state index contributed by atoms with van der Waals surface area (Å²) in [5, 5.41) is 7.89. The van der Waals surface area contributed by atoms with Crippen LogP contribution in [0.4, 0.5) is 5.69 Å². The number of anilines is 1. The molecule has 0 aliphatic carbocycles. The molecule has 0 saturated carbocycles. The lowest BCUT2D eigenvalue weighted by Gasteiger charge is -2.01. The predicted octanol–water partition coefficient (Wildman–Crippen LogP) is 2.60. The monoisotopic (exact) mass is 274 g/mol. The van der Waals surface area contributed by atoms with Crippen LogP contribution in [0, 0.1) is 0 Å². The second kappa shape index (κ2) is 5.15. The van der Waals surface area contributed by atoms with Crippen LogP contribution in [-0.4, -0.2) is 15.2 Å². The van der Waals surface area contributed by atoms with Gasteiger partial charge in [-0.2, -0.15) is 0 Å². The Morgan fingerprint density at radius 1 is 1.26 bits per heavy atom. The summed E-state index contributed by atoms with van der Waals surface area (Å²) in [6, 6.07) is 5.39. The maximum absolute atomic E-state index is 5.80. The third kappa shape index (κ3) is 2.60. The van der Waals surface area contributed by atoms with Crippen molar-refractivity contribution in [3.63, 3.8) is 0 Å². The normalized spacial score (nSPS) is 10.7. The molecule has 2 N–H and O–H groups in total. The van der Waals surface area contributed by atoms with Crippen molar-refractivity contribution < 1.29 is 8.83 Å². The molecule has 6 nitrogen and oxygen atoms in total. The van der Waals surface area contributed by atoms with Gasteiger partial charge in [0.1, 0.15) is 0 Å². The largest absolute Gasteiger partial charge is 0.459 e. The summed E-state index contributed by atoms with van der Waals surface area (Å²) in [6.07, 6.45) is 4.87. The van der Waals surface area contributed by atoms with Gasteiger partial charge in [-0.1, -0.05) is 0 Å². The number of thioether (sulfide) groups is 1. The summed E-state index contributed by atoms with van der Waals surface area (Å²) < 4.78 is 10.7. The predicted molar refractivity (Wildman–Crippen MR) is 70.2 cm³/mol. The van der Waals surface area contributed by atoms with Gasteiger partial charge in [0.05, 0.1) is 23.9 Å². The molecule has 0 saturated heterocycles. The third-order valence-electron chi connectivity index (χ3n) is 2.36. The van der Waals surface area contributed by atoms with E-state index < -0.39 is 0 Å². The van der Waals surface area contributed by atoms with Gasteiger partial charge in [-0.15, -0.1) is 22.0 Å². The molecule has 0 aliphatic rings. The van der Waals surface area contributed by atoms with Crippen molar-refractivity contribution in [3.8, 4) is 11.7 Å². The number of nitrogen functional groups attached to an aromatic ring is 1. The van der Waals surface area contributed by atoms with Crippen LogP contribution in [0.2, 0.25) is 0 Å². The van der Waals surface area contributed by atoms with E-state index in [0.717, 1.165) is 4.90 Å². The summed E-state index contributed by atoms with van der Waals surface area (Å²) >= 11 is 1.52. The van der Waals surface area contributed by atoms with Crippen molar-refractivity contribution in [2.75, 3.05) is 5.73 Å². The molecule has 3 aromatic rings. The maximum atomic E-state index is 5.80. The third-order valence-corrected chi connectivity index (χ3v) is 3.43. The highest BCUT2D eigenvalue weighted by molar-refractivity contribution is 7.98. The van der Waals surface area contributed by atoms with E-state index in [1.165, 1.54) is 11.8 Å². The molecule has 96 valence electrons. The van der Waals surface area contributed by atoms with E-state index in [1.807, 2.05) is 6.07 Å². The highest BCUT2D eigenvalue weighted by atomic mass is 32.2. The molecule has 0 aromatic carbocycles. The Morgan fingerprint density at radius 2 is 2.21 bits per heavy atom. The van der Waals surface area contributed by atoms with Crippen molar-refractivity contribution in [2.45, 2.75) is 10.6 Å². The molecule has 0 fully saturated rings. The smallest absolute Gasteiger partial charge is 0.283 e. The van der Waals surface area contributed by atoms with Crippen molar-refractivity contribution >= 4 is 17.4 Å². The van der Waals surface area contributed by atoms with E-state index >= 15 is 0 Å². The molecule has 19 heavy (non-hydrogen) atoms. The standard InChI is InChI=1S/C12H10N4O2S/c13-8-6-14-4-3-10(8)19-7-11-15-16-12(18-11)9-2-1-5-17-9/h1-6H,7,13H2. The van der Waals surface area contributed by atoms with Gasteiger partial charge < -0.3 is 14.6 Å². The van der Waals surface area contributed by atoms with Crippen LogP contribution in [0.5, 0.6) is 0 Å². The van der Waals surface area contributed by atoms with Gasteiger partial charge in [0.25, 0.3) is 5.89 Å². The summed E-state index contributed by atoms with van der Waals surface area (Å²) in [4.78, 5) is 4.87. The van der Waals surface area contributed by atoms with Crippen molar-refractivity contribution in [3.05, 3.63) is 42.7 Å². The molecule has 0 unspecified atom stereocenters. The molecule has 0 atom stereocenters. The molecule has 0 radical (unpaired) electrons. The topological polar surface area (TPSA) is 91.0 Å². The average molecular weight is 274 g/mol. The lowest BCUT2D eigenvalue weighted by Crippen LogP contribution is -1.89. The van der Waals surface area contributed by atoms with E-state index in [-0.39, 0.29) is 0 Å². The first-order valence-corrected chi connectivity index (χ1v) is 6.50. The number of nitrogens with two attached hydrogens (primary N) is 1. The zero-order valence-corrected chi connectivity index (χ0v) is 10.6. The lowest BCUT2D eigenvalue weighted by atomic mass is 10.4. The van der Waals surface area contributed by atoms with Crippen molar-refractivity contribution in [2.24, 2.45) is 0 Å². The van der Waals surface area contributed by atoms with Gasteiger partial charge in [0.2, 0.25) is 5.89 Å². The molecule has 3 aromatic heterocycles. The van der Waals surface area contributed by atoms with E-state index in [2.05, 4.69) is 15.2 Å². The average Bonchev–Trinajstić information content (AvgIpc) is 3.09. The highest BCUT2D eigenvalue weighted by Crippen LogP contribution is 2.27. The van der Waals surface area contributed by atoms with Crippen LogP contribution in [0.3, 0.4) is 0 Å². The Labute approximate surface area is 113 Å². The molecular formula is C12H10N4O2S. The molecule has 0 aliphatic heterocycles. The van der Waals surface area contributed by atoms with Crippen LogP contribution in [-0.2, 0) is 5.75 Å². The molecule has 0 bridgehead atoms. The quantitative estimate of drug-likeness (QED) is 0.731. The number of pyridine rings is 1. The van der Waals surface area contributed by atoms with E-state index in [9.17, 15) is 0 Å². The first-order valence-electron chi connectivity index (χ1n) is 5.51. The van der Waals surface area contributed by atoms with E-state index in [1.54, 1.807) is 30.8 Å². The molecule has 3 rings (SSSR count). The van der Waals surface area contributed by atoms with Gasteiger partial charge in [-0.05, 0) is 18.2 Å². The van der Waals surface area contributed by atoms with E-state index in [0.29, 0.717) is 29.0 Å². The summed E-state index contributed by atoms with van der Waals surface area (Å²) in [6.45, 7) is 0. The second-order valence-electron chi connectivity index (χ2n) is 3.68. The van der Waals surface area contributed by atoms with Crippen molar-refractivity contribution in [1.29, 1.82) is 0 Å². The fourth-order valence-corrected chi connectivity index (χ4v) is 2.25. The minimum Gasteiger partial charge on any atom is -0.459 e. The van der Waals surface area contributed by atoms with Crippen LogP contribution in [0.1, 0.15) is 5.89 Å². The minimum absolute atomic E-state index is 0.378. The van der Waals surface area contributed by atoms with Gasteiger partial charge in [0.15, 0.2) is 5.76 Å². The molecule has 7 heteroatoms. The Kier molecular flexibility index (Phi) is 3.20. The number of aromatic nitrogens is 3. The van der Waals surface area contributed by atoms with Crippen LogP contribution in [0.15, 0.2) is 50.6 Å². The summed E-state index contributed by atoms with van der Waals surface area (Å²) in [7, 11) is 0. The zero-order valence-electron chi connectivity index (χ0n) is 9.81. The maximum Gasteiger partial charge on any atom is 0.283 e. The van der Waals surface area contributed by atoms with Gasteiger partial charge >= 0.3 is 0 Å². The highest BCUT2D eigenvalue weighted by Gasteiger charge is 2.11. The summed E-state index contributed by atoms with van der Waals surface area (Å²) in [5.41, 5.74) is 6.44. The Morgan fingerprint density at radius 3 is 3.00 bits per heavy atom. The fraction of sp³-hybridized carbons (Fsp3) is 0.0833. The Balaban J connectivity index is 1.70. The number of furan rings is 1. The number of hydrogen-bond acceptors (Lipinski definition) is 7. The lowest BCUT2D eigenvalue weighted by molar-refractivity contribution is 0.494. The van der Waals surface area contributed by atoms with E-state index in [4.69, 9.17) is 14.6 Å². The SMILES string of the molecule is Nc1cnccc1SCc1nnc(-c2ccco2)o1. The second-order valence-corrected chi connectivity index (χ2v) is 4.70. The fourth-order valence-electron chi connectivity index (χ4n) is 1.48. The first kappa shape index (κ1) is 11.8. The van der Waals surface area contributed by atoms with Gasteiger partial charge in [0, 0.05) is 11.1 Å². The molecule has 3 heterocycles. The zero-order chi connectivity index (χ0) is 13.1. The van der Waals surface area contributed by atoms with Gasteiger partial charge in [-0.3, -0.25) is 4.98 Å². The minimum atomic E-state index is 0.378. The van der Waals surface area contributed by atoms with Crippen molar-refractivity contribution in [1.82, 2.24) is 15.2 Å². The molecule has 0 amide bonds. The number of nitrogens with zero attached hydrogens (tertiary/aromatic N) is 3. The van der Waals surface area contributed by atoms with Crippen LogP contribution in [0.25, 0.3) is 11.7 Å². The van der Waals surface area contributed by atoms with Crippen LogP contribution >= 0.6 is 11.8 Å². The first-order chi connectivity index (χ1) is 9.33. The Bertz CT molecular complexity index is 666. The Hall–Kier alpha value is -2.28. The number of rotatable bonds is 4. The van der Waals surface area contributed by atoms with Crippen LogP contribution < -0.4 is 5.73 Å². The van der Waals surface area contributed by atoms with Gasteiger partial charge in [-0.25, -0.2) is 0 Å². The molecular weight excluding hydrogens is 264 g/mol.